The summed E-state index contributed by atoms with van der Waals surface area (Å²) in [4.78, 5) is 15.4. The maximum absolute atomic E-state index is 5.19. The first-order chi connectivity index (χ1) is 21.8. The van der Waals surface area contributed by atoms with Crippen LogP contribution in [0, 0.1) is 0 Å². The fourth-order valence-electron chi connectivity index (χ4n) is 6.66. The molecule has 3 aromatic heterocycles. The second kappa shape index (κ2) is 9.89. The van der Waals surface area contributed by atoms with Crippen molar-refractivity contribution in [2.75, 3.05) is 0 Å². The normalized spacial score (nSPS) is 13.3. The van der Waals surface area contributed by atoms with Crippen molar-refractivity contribution in [1.29, 1.82) is 0 Å². The van der Waals surface area contributed by atoms with E-state index in [2.05, 4.69) is 130 Å². The second-order valence-electron chi connectivity index (χ2n) is 11.2. The highest BCUT2D eigenvalue weighted by atomic mass is 15.2. The molecule has 1 aliphatic carbocycles. The van der Waals surface area contributed by atoms with Gasteiger partial charge in [-0.3, -0.25) is 4.57 Å². The van der Waals surface area contributed by atoms with Gasteiger partial charge in [0.15, 0.2) is 11.6 Å². The van der Waals surface area contributed by atoms with Gasteiger partial charge in [-0.05, 0) is 43.2 Å². The van der Waals surface area contributed by atoms with Crippen molar-refractivity contribution >= 4 is 49.2 Å². The van der Waals surface area contributed by atoms with E-state index >= 15 is 0 Å². The first-order valence-corrected chi connectivity index (χ1v) is 15.0. The van der Waals surface area contributed by atoms with Crippen LogP contribution in [0.4, 0.5) is 0 Å². The molecule has 0 fully saturated rings. The second-order valence-corrected chi connectivity index (χ2v) is 11.2. The molecular weight excluding hydrogens is 538 g/mol. The number of allylic oxidation sites excluding steroid dienone is 4. The molecule has 1 aliphatic rings. The van der Waals surface area contributed by atoms with Gasteiger partial charge in [-0.25, -0.2) is 4.98 Å². The molecule has 5 nitrogen and oxygen atoms in total. The Morgan fingerprint density at radius 3 is 1.95 bits per heavy atom. The number of nitrogens with zero attached hydrogens (tertiary/aromatic N) is 5. The van der Waals surface area contributed by atoms with Gasteiger partial charge in [0.1, 0.15) is 0 Å². The highest BCUT2D eigenvalue weighted by Crippen LogP contribution is 2.41. The minimum atomic E-state index is 0.615. The lowest BCUT2D eigenvalue weighted by Crippen LogP contribution is -2.08. The van der Waals surface area contributed by atoms with Crippen LogP contribution < -0.4 is 0 Å². The molecule has 0 saturated heterocycles. The van der Waals surface area contributed by atoms with Crippen molar-refractivity contribution in [3.63, 3.8) is 0 Å². The van der Waals surface area contributed by atoms with Gasteiger partial charge < -0.3 is 4.57 Å². The van der Waals surface area contributed by atoms with Crippen LogP contribution in [0.25, 0.3) is 72.2 Å². The molecule has 0 aliphatic heterocycles. The summed E-state index contributed by atoms with van der Waals surface area (Å²) in [7, 11) is 0. The largest absolute Gasteiger partial charge is 0.309 e. The number of rotatable bonds is 4. The Balaban J connectivity index is 1.45. The van der Waals surface area contributed by atoms with Gasteiger partial charge in [-0.15, -0.1) is 0 Å². The Kier molecular flexibility index (Phi) is 5.56. The zero-order valence-electron chi connectivity index (χ0n) is 23.9. The van der Waals surface area contributed by atoms with Crippen LogP contribution in [0.1, 0.15) is 18.7 Å². The molecule has 208 valence electrons. The molecule has 9 rings (SSSR count). The predicted molar refractivity (Wildman–Crippen MR) is 180 cm³/mol. The summed E-state index contributed by atoms with van der Waals surface area (Å²) in [5.74, 6) is 1.97. The Bertz CT molecular complexity index is 2430. The van der Waals surface area contributed by atoms with Gasteiger partial charge in [-0.2, -0.15) is 9.97 Å². The number of aromatic nitrogens is 5. The van der Waals surface area contributed by atoms with Gasteiger partial charge in [0.2, 0.25) is 5.95 Å². The molecule has 8 aromatic rings. The average Bonchev–Trinajstić information content (AvgIpc) is 3.62. The summed E-state index contributed by atoms with van der Waals surface area (Å²) < 4.78 is 4.61. The van der Waals surface area contributed by atoms with E-state index in [0.29, 0.717) is 17.6 Å². The SMILES string of the molecule is C1=CC(c2nc(-c3ccccc3)nc(-n3c4ccccc4c4ccc5c(c6ccccc6n5-c5ccccc5)c43)n2)=CCC1. The number of hydrogen-bond donors (Lipinski definition) is 0. The Morgan fingerprint density at radius 2 is 1.18 bits per heavy atom. The smallest absolute Gasteiger partial charge is 0.238 e. The molecule has 0 atom stereocenters. The van der Waals surface area contributed by atoms with Crippen molar-refractivity contribution in [1.82, 2.24) is 24.1 Å². The minimum Gasteiger partial charge on any atom is -0.309 e. The predicted octanol–water partition coefficient (Wildman–Crippen LogP) is 9.47. The minimum absolute atomic E-state index is 0.615. The Morgan fingerprint density at radius 1 is 0.500 bits per heavy atom. The summed E-state index contributed by atoms with van der Waals surface area (Å²) in [6.07, 6.45) is 8.57. The third kappa shape index (κ3) is 3.76. The lowest BCUT2D eigenvalue weighted by molar-refractivity contribution is 0.929. The van der Waals surface area contributed by atoms with E-state index in [1.807, 2.05) is 18.2 Å². The fraction of sp³-hybridized carbons (Fsp3) is 0.0513. The zero-order valence-corrected chi connectivity index (χ0v) is 23.9. The van der Waals surface area contributed by atoms with Crippen molar-refractivity contribution in [3.05, 3.63) is 145 Å². The molecule has 0 unspecified atom stereocenters. The third-order valence-electron chi connectivity index (χ3n) is 8.59. The molecule has 0 saturated carbocycles. The molecular formula is C39H27N5. The van der Waals surface area contributed by atoms with E-state index in [9.17, 15) is 0 Å². The molecule has 44 heavy (non-hydrogen) atoms. The molecule has 5 heteroatoms. The van der Waals surface area contributed by atoms with Crippen molar-refractivity contribution in [2.24, 2.45) is 0 Å². The van der Waals surface area contributed by atoms with Gasteiger partial charge in [0.25, 0.3) is 0 Å². The van der Waals surface area contributed by atoms with Crippen LogP contribution in [-0.2, 0) is 0 Å². The molecule has 0 bridgehead atoms. The van der Waals surface area contributed by atoms with Crippen LogP contribution in [-0.4, -0.2) is 24.1 Å². The number of para-hydroxylation sites is 3. The van der Waals surface area contributed by atoms with E-state index < -0.39 is 0 Å². The fourth-order valence-corrected chi connectivity index (χ4v) is 6.66. The molecule has 0 radical (unpaired) electrons. The van der Waals surface area contributed by atoms with Crippen LogP contribution in [0.3, 0.4) is 0 Å². The van der Waals surface area contributed by atoms with Crippen LogP contribution in [0.5, 0.6) is 0 Å². The first kappa shape index (κ1) is 24.8. The average molecular weight is 566 g/mol. The van der Waals surface area contributed by atoms with Crippen LogP contribution in [0.15, 0.2) is 140 Å². The Hall–Kier alpha value is -5.81. The lowest BCUT2D eigenvalue weighted by atomic mass is 10.1. The molecule has 0 N–H and O–H groups in total. The molecule has 0 amide bonds. The van der Waals surface area contributed by atoms with Crippen molar-refractivity contribution in [3.8, 4) is 23.0 Å². The van der Waals surface area contributed by atoms with E-state index in [4.69, 9.17) is 15.0 Å². The highest BCUT2D eigenvalue weighted by Gasteiger charge is 2.23. The van der Waals surface area contributed by atoms with Gasteiger partial charge in [0.05, 0.1) is 22.1 Å². The summed E-state index contributed by atoms with van der Waals surface area (Å²) in [6.45, 7) is 0. The third-order valence-corrected chi connectivity index (χ3v) is 8.59. The quantitative estimate of drug-likeness (QED) is 0.214. The van der Waals surface area contributed by atoms with Gasteiger partial charge in [0, 0.05) is 38.4 Å². The van der Waals surface area contributed by atoms with E-state index in [1.54, 1.807) is 0 Å². The Labute approximate surface area is 254 Å². The number of hydrogen-bond acceptors (Lipinski definition) is 3. The summed E-state index contributed by atoms with van der Waals surface area (Å²) >= 11 is 0. The maximum Gasteiger partial charge on any atom is 0.238 e. The molecule has 5 aromatic carbocycles. The van der Waals surface area contributed by atoms with Crippen LogP contribution in [0.2, 0.25) is 0 Å². The summed E-state index contributed by atoms with van der Waals surface area (Å²) in [5, 5.41) is 4.71. The molecule has 0 spiro atoms. The van der Waals surface area contributed by atoms with Gasteiger partial charge in [-0.1, -0.05) is 109 Å². The lowest BCUT2D eigenvalue weighted by Gasteiger charge is -2.13. The first-order valence-electron chi connectivity index (χ1n) is 15.0. The van der Waals surface area contributed by atoms with E-state index in [1.165, 1.54) is 21.5 Å². The summed E-state index contributed by atoms with van der Waals surface area (Å²) in [6, 6.07) is 42.5. The summed E-state index contributed by atoms with van der Waals surface area (Å²) in [5.41, 5.74) is 7.59. The monoisotopic (exact) mass is 565 g/mol. The van der Waals surface area contributed by atoms with E-state index in [0.717, 1.165) is 51.7 Å². The number of benzene rings is 5. The van der Waals surface area contributed by atoms with Crippen molar-refractivity contribution < 1.29 is 0 Å². The molecule has 3 heterocycles. The van der Waals surface area contributed by atoms with Crippen molar-refractivity contribution in [2.45, 2.75) is 12.8 Å². The van der Waals surface area contributed by atoms with Gasteiger partial charge >= 0.3 is 0 Å². The standard InChI is InChI=1S/C39H27N5/c1-4-14-26(15-5-1)37-40-38(27-16-6-2-7-17-27)42-39(41-37)44-32-22-12-10-20-29(32)30-24-25-34-35(36(30)44)31-21-11-13-23-33(31)43(34)28-18-8-3-9-19-28/h1,3-6,8-25H,2,7H2. The van der Waals surface area contributed by atoms with Crippen LogP contribution >= 0.6 is 0 Å². The van der Waals surface area contributed by atoms with E-state index in [-0.39, 0.29) is 0 Å². The zero-order chi connectivity index (χ0) is 29.0. The topological polar surface area (TPSA) is 48.5 Å². The number of fused-ring (bicyclic) bond motifs is 7. The maximum atomic E-state index is 5.19. The highest BCUT2D eigenvalue weighted by molar-refractivity contribution is 6.26.